The molecule has 0 heterocycles. The fourth-order valence-electron chi connectivity index (χ4n) is 3.60. The molecular formula is C28H42N2O8. The summed E-state index contributed by atoms with van der Waals surface area (Å²) in [7, 11) is 0. The number of nitrogens with one attached hydrogen (secondary N) is 2. The van der Waals surface area contributed by atoms with Gasteiger partial charge in [-0.15, -0.1) is 0 Å². The molecule has 2 amide bonds. The number of ether oxygens (including phenoxy) is 4. The third-order valence-corrected chi connectivity index (χ3v) is 6.01. The van der Waals surface area contributed by atoms with Crippen molar-refractivity contribution in [3.63, 3.8) is 0 Å². The summed E-state index contributed by atoms with van der Waals surface area (Å²) in [5.74, 6) is -0.992. The number of hydrogen-bond donors (Lipinski definition) is 2. The highest BCUT2D eigenvalue weighted by Crippen LogP contribution is 2.33. The minimum absolute atomic E-state index is 0.0382. The first-order valence-electron chi connectivity index (χ1n) is 12.8. The first kappa shape index (κ1) is 32.5. The van der Waals surface area contributed by atoms with Gasteiger partial charge in [-0.2, -0.15) is 0 Å². The summed E-state index contributed by atoms with van der Waals surface area (Å²) in [5, 5.41) is 5.83. The van der Waals surface area contributed by atoms with E-state index in [0.717, 1.165) is 17.7 Å². The summed E-state index contributed by atoms with van der Waals surface area (Å²) in [4.78, 5) is 46.7. The lowest BCUT2D eigenvalue weighted by Crippen LogP contribution is -2.51. The van der Waals surface area contributed by atoms with Gasteiger partial charge in [-0.25, -0.2) is 19.2 Å². The van der Waals surface area contributed by atoms with Crippen LogP contribution >= 0.6 is 0 Å². The van der Waals surface area contributed by atoms with Crippen LogP contribution in [0.3, 0.4) is 0 Å². The summed E-state index contributed by atoms with van der Waals surface area (Å²) in [6.45, 7) is 15.2. The maximum atomic E-state index is 12.4. The predicted molar refractivity (Wildman–Crippen MR) is 143 cm³/mol. The molecule has 0 aromatic rings. The van der Waals surface area contributed by atoms with Gasteiger partial charge in [0.25, 0.3) is 0 Å². The van der Waals surface area contributed by atoms with Gasteiger partial charge in [0, 0.05) is 23.6 Å². The zero-order valence-corrected chi connectivity index (χ0v) is 23.0. The van der Waals surface area contributed by atoms with Crippen LogP contribution in [0.2, 0.25) is 0 Å². The minimum atomic E-state index is -0.675. The Morgan fingerprint density at radius 2 is 1.26 bits per heavy atom. The van der Waals surface area contributed by atoms with Crippen LogP contribution in [-0.4, -0.2) is 61.6 Å². The molecule has 1 atom stereocenters. The van der Waals surface area contributed by atoms with Crippen LogP contribution in [0.15, 0.2) is 49.1 Å². The minimum Gasteiger partial charge on any atom is -0.463 e. The third-order valence-electron chi connectivity index (χ3n) is 6.01. The number of allylic oxidation sites excluding steroid dienone is 2. The zero-order chi connectivity index (χ0) is 28.6. The van der Waals surface area contributed by atoms with E-state index in [9.17, 15) is 19.2 Å². The fraction of sp³-hybridized carbons (Fsp3) is 0.571. The first-order chi connectivity index (χ1) is 17.9. The van der Waals surface area contributed by atoms with E-state index in [-0.39, 0.29) is 32.3 Å². The van der Waals surface area contributed by atoms with Gasteiger partial charge < -0.3 is 29.6 Å². The van der Waals surface area contributed by atoms with E-state index in [2.05, 4.69) is 23.8 Å². The van der Waals surface area contributed by atoms with Crippen molar-refractivity contribution in [1.29, 1.82) is 0 Å². The van der Waals surface area contributed by atoms with E-state index in [1.807, 2.05) is 45.9 Å². The topological polar surface area (TPSA) is 129 Å². The lowest BCUT2D eigenvalue weighted by Gasteiger charge is -2.38. The number of unbranched alkanes of at least 4 members (excludes halogenated alkanes) is 2. The Kier molecular flexibility index (Phi) is 13.9. The molecule has 0 saturated carbocycles. The van der Waals surface area contributed by atoms with Gasteiger partial charge in [-0.1, -0.05) is 31.4 Å². The zero-order valence-electron chi connectivity index (χ0n) is 23.0. The molecule has 0 radical (unpaired) electrons. The Hall–Kier alpha value is -3.56. The van der Waals surface area contributed by atoms with Crippen molar-refractivity contribution in [1.82, 2.24) is 10.6 Å². The molecule has 0 aromatic heterocycles. The molecule has 1 aliphatic carbocycles. The third kappa shape index (κ3) is 12.6. The second-order valence-electron chi connectivity index (χ2n) is 9.91. The Bertz CT molecular complexity index is 905. The predicted octanol–water partition coefficient (Wildman–Crippen LogP) is 4.52. The van der Waals surface area contributed by atoms with Crippen LogP contribution in [0.5, 0.6) is 0 Å². The molecule has 1 aliphatic rings. The number of amides is 2. The molecule has 0 bridgehead atoms. The second kappa shape index (κ2) is 16.3. The van der Waals surface area contributed by atoms with E-state index < -0.39 is 35.2 Å². The normalized spacial score (nSPS) is 14.9. The lowest BCUT2D eigenvalue weighted by molar-refractivity contribution is -0.138. The van der Waals surface area contributed by atoms with Gasteiger partial charge in [0.1, 0.15) is 0 Å². The Labute approximate surface area is 225 Å². The van der Waals surface area contributed by atoms with Gasteiger partial charge in [0.05, 0.1) is 32.0 Å². The largest absolute Gasteiger partial charge is 0.463 e. The van der Waals surface area contributed by atoms with Crippen LogP contribution in [-0.2, 0) is 28.5 Å². The van der Waals surface area contributed by atoms with Crippen molar-refractivity contribution < 1.29 is 38.1 Å². The van der Waals surface area contributed by atoms with Crippen molar-refractivity contribution in [3.8, 4) is 0 Å². The molecule has 38 heavy (non-hydrogen) atoms. The molecule has 0 aromatic carbocycles. The van der Waals surface area contributed by atoms with Crippen LogP contribution in [0.25, 0.3) is 0 Å². The maximum absolute atomic E-state index is 12.4. The molecule has 0 spiro atoms. The van der Waals surface area contributed by atoms with Crippen molar-refractivity contribution in [3.05, 3.63) is 49.1 Å². The second-order valence-corrected chi connectivity index (χ2v) is 9.91. The van der Waals surface area contributed by atoms with Crippen LogP contribution < -0.4 is 10.6 Å². The average molecular weight is 535 g/mol. The van der Waals surface area contributed by atoms with Crippen molar-refractivity contribution in [2.24, 2.45) is 5.92 Å². The first-order valence-corrected chi connectivity index (χ1v) is 12.8. The highest BCUT2D eigenvalue weighted by molar-refractivity contribution is 5.81. The van der Waals surface area contributed by atoms with Gasteiger partial charge in [0.2, 0.25) is 0 Å². The van der Waals surface area contributed by atoms with Gasteiger partial charge in [-0.3, -0.25) is 0 Å². The van der Waals surface area contributed by atoms with Crippen molar-refractivity contribution >= 4 is 24.1 Å². The summed E-state index contributed by atoms with van der Waals surface area (Å²) in [6, 6.07) is 0. The molecule has 0 fully saturated rings. The van der Waals surface area contributed by atoms with Gasteiger partial charge in [0.15, 0.2) is 0 Å². The number of rotatable bonds is 16. The van der Waals surface area contributed by atoms with Crippen LogP contribution in [0.1, 0.15) is 59.8 Å². The summed E-state index contributed by atoms with van der Waals surface area (Å²) in [5.41, 5.74) is -0.306. The molecule has 212 valence electrons. The van der Waals surface area contributed by atoms with E-state index in [0.29, 0.717) is 32.1 Å². The van der Waals surface area contributed by atoms with Crippen LogP contribution in [0.4, 0.5) is 9.59 Å². The number of carbonyl (C=O) groups is 4. The number of esters is 2. The van der Waals surface area contributed by atoms with E-state index in [4.69, 9.17) is 18.9 Å². The van der Waals surface area contributed by atoms with E-state index in [1.165, 1.54) is 0 Å². The molecule has 1 rings (SSSR count). The molecule has 0 aliphatic heterocycles. The fourth-order valence-corrected chi connectivity index (χ4v) is 3.60. The Morgan fingerprint density at radius 1 is 0.816 bits per heavy atom. The van der Waals surface area contributed by atoms with Crippen LogP contribution in [0, 0.1) is 5.92 Å². The number of hydrogen-bond acceptors (Lipinski definition) is 8. The molecule has 2 N–H and O–H groups in total. The number of carbonyl (C=O) groups excluding carboxylic acids is 4. The quantitative estimate of drug-likeness (QED) is 0.128. The summed E-state index contributed by atoms with van der Waals surface area (Å²) < 4.78 is 20.3. The molecule has 0 saturated heterocycles. The van der Waals surface area contributed by atoms with Gasteiger partial charge >= 0.3 is 24.1 Å². The number of alkyl carbamates (subject to hydrolysis) is 2. The Balaban J connectivity index is 2.44. The highest BCUT2D eigenvalue weighted by Gasteiger charge is 2.35. The molecule has 1 unspecified atom stereocenters. The monoisotopic (exact) mass is 534 g/mol. The lowest BCUT2D eigenvalue weighted by atomic mass is 9.75. The molecule has 10 nitrogen and oxygen atoms in total. The van der Waals surface area contributed by atoms with E-state index >= 15 is 0 Å². The summed E-state index contributed by atoms with van der Waals surface area (Å²) >= 11 is 0. The maximum Gasteiger partial charge on any atom is 0.407 e. The standard InChI is InChI=1S/C28H42N2O8/c1-7-23(31)35-16-9-11-18-37-25(33)29-27(3,4)21-14-13-15-22(20-21)28(5,6)30-26(34)38-19-12-10-17-36-24(32)8-2/h7-8,13-15,21H,1-2,9-12,16-20H2,3-6H3,(H,29,33)(H,30,34). The van der Waals surface area contributed by atoms with Crippen molar-refractivity contribution in [2.45, 2.75) is 70.9 Å². The van der Waals surface area contributed by atoms with Gasteiger partial charge in [-0.05, 0) is 65.4 Å². The smallest absolute Gasteiger partial charge is 0.407 e. The van der Waals surface area contributed by atoms with E-state index in [1.54, 1.807) is 0 Å². The average Bonchev–Trinajstić information content (AvgIpc) is 2.87. The van der Waals surface area contributed by atoms with Crippen molar-refractivity contribution in [2.75, 3.05) is 26.4 Å². The Morgan fingerprint density at radius 3 is 1.74 bits per heavy atom. The molecular weight excluding hydrogens is 492 g/mol. The molecule has 10 heteroatoms. The highest BCUT2D eigenvalue weighted by atomic mass is 16.6. The SMILES string of the molecule is C=CC(=O)OCCCCOC(=O)NC(C)(C)C1=CC=CC(C(C)(C)NC(=O)OCCCCOC(=O)C=C)C1. The summed E-state index contributed by atoms with van der Waals surface area (Å²) in [6.07, 6.45) is 9.92.